The number of likely N-dealkylation sites (N-methyl/N-ethyl adjacent to an activating group) is 2. The molecule has 0 saturated carbocycles. The fraction of sp³-hybridized carbons (Fsp3) is 0.526. The van der Waals surface area contributed by atoms with E-state index in [1.807, 2.05) is 0 Å². The van der Waals surface area contributed by atoms with Crippen LogP contribution in [0.25, 0.3) is 0 Å². The summed E-state index contributed by atoms with van der Waals surface area (Å²) in [6, 6.07) is 19.2. The normalized spacial score (nSPS) is 17.7. The average Bonchev–Trinajstić information content (AvgIpc) is 2.94. The Labute approximate surface area is 256 Å². The summed E-state index contributed by atoms with van der Waals surface area (Å²) in [4.78, 5) is 10.0. The second-order valence-electron chi connectivity index (χ2n) is 14.3. The van der Waals surface area contributed by atoms with E-state index in [-0.39, 0.29) is 10.8 Å². The molecule has 5 rings (SSSR count). The largest absolute Gasteiger partial charge is 0.369 e. The first-order chi connectivity index (χ1) is 19.8. The highest BCUT2D eigenvalue weighted by molar-refractivity contribution is 5.63. The van der Waals surface area contributed by atoms with Crippen LogP contribution in [0.1, 0.15) is 72.2 Å². The molecule has 0 aromatic heterocycles. The molecular weight excluding hydrogens is 512 g/mol. The Morgan fingerprint density at radius 2 is 0.762 bits per heavy atom. The SMILES string of the molecule is Cc1cc(C(C)(C)c2cccc(C(C)(C)c3cc(C)c(N4CCN(C)CC4)c(C)c3)c2)cc(C)c1N1CCN(C)CC1. The van der Waals surface area contributed by atoms with Gasteiger partial charge in [-0.1, -0.05) is 76.2 Å². The Morgan fingerprint density at radius 3 is 1.07 bits per heavy atom. The van der Waals surface area contributed by atoms with E-state index in [0.717, 1.165) is 52.4 Å². The molecule has 2 aliphatic rings. The lowest BCUT2D eigenvalue weighted by atomic mass is 9.72. The molecule has 0 bridgehead atoms. The molecule has 0 unspecified atom stereocenters. The predicted octanol–water partition coefficient (Wildman–Crippen LogP) is 7.08. The van der Waals surface area contributed by atoms with Crippen LogP contribution in [0, 0.1) is 27.7 Å². The first-order valence-corrected chi connectivity index (χ1v) is 16.0. The van der Waals surface area contributed by atoms with Crippen LogP contribution in [0.15, 0.2) is 48.5 Å². The number of hydrogen-bond acceptors (Lipinski definition) is 4. The van der Waals surface area contributed by atoms with Crippen LogP contribution in [0.4, 0.5) is 11.4 Å². The highest BCUT2D eigenvalue weighted by atomic mass is 15.3. The second kappa shape index (κ2) is 11.7. The van der Waals surface area contributed by atoms with Crippen molar-refractivity contribution in [1.82, 2.24) is 9.80 Å². The summed E-state index contributed by atoms with van der Waals surface area (Å²) < 4.78 is 0. The first-order valence-electron chi connectivity index (χ1n) is 16.0. The lowest BCUT2D eigenvalue weighted by molar-refractivity contribution is 0.312. The van der Waals surface area contributed by atoms with Crippen LogP contribution in [-0.2, 0) is 10.8 Å². The molecule has 0 amide bonds. The van der Waals surface area contributed by atoms with Crippen molar-refractivity contribution in [1.29, 1.82) is 0 Å². The molecule has 3 aromatic rings. The maximum atomic E-state index is 2.59. The molecule has 42 heavy (non-hydrogen) atoms. The van der Waals surface area contributed by atoms with Crippen molar-refractivity contribution in [3.8, 4) is 0 Å². The monoisotopic (exact) mass is 566 g/mol. The third kappa shape index (κ3) is 5.85. The van der Waals surface area contributed by atoms with Crippen LogP contribution < -0.4 is 9.80 Å². The minimum atomic E-state index is -0.0978. The number of aryl methyl sites for hydroxylation is 4. The molecule has 226 valence electrons. The minimum Gasteiger partial charge on any atom is -0.369 e. The zero-order chi connectivity index (χ0) is 30.4. The molecule has 2 saturated heterocycles. The maximum Gasteiger partial charge on any atom is 0.0426 e. The molecule has 2 heterocycles. The lowest BCUT2D eigenvalue weighted by Gasteiger charge is -2.37. The van der Waals surface area contributed by atoms with E-state index in [1.165, 1.54) is 55.9 Å². The van der Waals surface area contributed by atoms with E-state index >= 15 is 0 Å². The number of rotatable bonds is 6. The van der Waals surface area contributed by atoms with Gasteiger partial charge in [-0.2, -0.15) is 0 Å². The van der Waals surface area contributed by atoms with Crippen LogP contribution in [0.5, 0.6) is 0 Å². The standard InChI is InChI=1S/C38H54N4/c1-27-22-33(23-28(2)35(27)41-18-14-39(9)15-19-41)37(5,6)31-12-11-13-32(26-31)38(7,8)34-24-29(3)36(30(4)25-34)42-20-16-40(10)17-21-42/h11-13,22-26H,14-21H2,1-10H3. The van der Waals surface area contributed by atoms with Crippen LogP contribution in [0.2, 0.25) is 0 Å². The molecular formula is C38H54N4. The molecule has 0 atom stereocenters. The number of piperazine rings is 2. The number of nitrogens with zero attached hydrogens (tertiary/aromatic N) is 4. The van der Waals surface area contributed by atoms with E-state index in [0.29, 0.717) is 0 Å². The van der Waals surface area contributed by atoms with Crippen molar-refractivity contribution in [2.75, 3.05) is 76.3 Å². The fourth-order valence-corrected chi connectivity index (χ4v) is 7.32. The van der Waals surface area contributed by atoms with Gasteiger partial charge in [0.15, 0.2) is 0 Å². The van der Waals surface area contributed by atoms with Gasteiger partial charge in [0.1, 0.15) is 0 Å². The maximum absolute atomic E-state index is 2.59. The van der Waals surface area contributed by atoms with Gasteiger partial charge in [-0.05, 0) is 86.3 Å². The molecule has 4 nitrogen and oxygen atoms in total. The van der Waals surface area contributed by atoms with Gasteiger partial charge in [-0.15, -0.1) is 0 Å². The number of hydrogen-bond donors (Lipinski definition) is 0. The van der Waals surface area contributed by atoms with E-state index in [9.17, 15) is 0 Å². The van der Waals surface area contributed by atoms with Gasteiger partial charge >= 0.3 is 0 Å². The van der Waals surface area contributed by atoms with Crippen LogP contribution >= 0.6 is 0 Å². The Hall–Kier alpha value is -2.82. The summed E-state index contributed by atoms with van der Waals surface area (Å²) in [5.41, 5.74) is 13.8. The molecule has 0 N–H and O–H groups in total. The molecule has 2 fully saturated rings. The molecule has 4 heteroatoms. The van der Waals surface area contributed by atoms with Gasteiger partial charge < -0.3 is 19.6 Å². The third-order valence-corrected chi connectivity index (χ3v) is 10.4. The van der Waals surface area contributed by atoms with Crippen molar-refractivity contribution in [2.24, 2.45) is 0 Å². The molecule has 0 spiro atoms. The van der Waals surface area contributed by atoms with E-state index in [1.54, 1.807) is 0 Å². The summed E-state index contributed by atoms with van der Waals surface area (Å²) in [5, 5.41) is 0. The Morgan fingerprint density at radius 1 is 0.452 bits per heavy atom. The molecule has 0 radical (unpaired) electrons. The summed E-state index contributed by atoms with van der Waals surface area (Å²) in [6.07, 6.45) is 0. The minimum absolute atomic E-state index is 0.0978. The van der Waals surface area contributed by atoms with Gasteiger partial charge in [0, 0.05) is 74.6 Å². The van der Waals surface area contributed by atoms with Crippen molar-refractivity contribution in [3.05, 3.63) is 93.0 Å². The fourth-order valence-electron chi connectivity index (χ4n) is 7.32. The summed E-state index contributed by atoms with van der Waals surface area (Å²) in [7, 11) is 4.45. The van der Waals surface area contributed by atoms with Gasteiger partial charge in [0.05, 0.1) is 0 Å². The summed E-state index contributed by atoms with van der Waals surface area (Å²) >= 11 is 0. The first kappa shape index (κ1) is 30.6. The van der Waals surface area contributed by atoms with Crippen molar-refractivity contribution >= 4 is 11.4 Å². The highest BCUT2D eigenvalue weighted by Gasteiger charge is 2.30. The molecule has 2 aliphatic heterocycles. The zero-order valence-electron chi connectivity index (χ0n) is 28.1. The number of anilines is 2. The van der Waals surface area contributed by atoms with E-state index in [4.69, 9.17) is 0 Å². The molecule has 3 aromatic carbocycles. The zero-order valence-corrected chi connectivity index (χ0v) is 28.1. The van der Waals surface area contributed by atoms with Gasteiger partial charge in [0.2, 0.25) is 0 Å². The summed E-state index contributed by atoms with van der Waals surface area (Å²) in [6.45, 7) is 27.7. The van der Waals surface area contributed by atoms with Crippen LogP contribution in [-0.4, -0.2) is 76.3 Å². The predicted molar refractivity (Wildman–Crippen MR) is 182 cm³/mol. The quantitative estimate of drug-likeness (QED) is 0.316. The topological polar surface area (TPSA) is 13.0 Å². The Kier molecular flexibility index (Phi) is 8.53. The van der Waals surface area contributed by atoms with Crippen molar-refractivity contribution in [3.63, 3.8) is 0 Å². The Bertz CT molecular complexity index is 1270. The molecule has 0 aliphatic carbocycles. The highest BCUT2D eigenvalue weighted by Crippen LogP contribution is 2.40. The van der Waals surface area contributed by atoms with Crippen molar-refractivity contribution in [2.45, 2.75) is 66.2 Å². The van der Waals surface area contributed by atoms with E-state index < -0.39 is 0 Å². The van der Waals surface area contributed by atoms with E-state index in [2.05, 4.69) is 138 Å². The van der Waals surface area contributed by atoms with Crippen molar-refractivity contribution < 1.29 is 0 Å². The second-order valence-corrected chi connectivity index (χ2v) is 14.3. The number of benzene rings is 3. The summed E-state index contributed by atoms with van der Waals surface area (Å²) in [5.74, 6) is 0. The third-order valence-electron chi connectivity index (χ3n) is 10.4. The smallest absolute Gasteiger partial charge is 0.0426 e. The Balaban J connectivity index is 1.44. The lowest BCUT2D eigenvalue weighted by Crippen LogP contribution is -2.45. The van der Waals surface area contributed by atoms with Gasteiger partial charge in [-0.3, -0.25) is 0 Å². The van der Waals surface area contributed by atoms with Crippen LogP contribution in [0.3, 0.4) is 0 Å². The van der Waals surface area contributed by atoms with Gasteiger partial charge in [0.25, 0.3) is 0 Å². The van der Waals surface area contributed by atoms with Gasteiger partial charge in [-0.25, -0.2) is 0 Å². The average molecular weight is 567 g/mol.